The van der Waals surface area contributed by atoms with E-state index in [4.69, 9.17) is 9.47 Å². The number of benzene rings is 2. The molecule has 0 bridgehead atoms. The lowest BCUT2D eigenvalue weighted by Crippen LogP contribution is -2.30. The van der Waals surface area contributed by atoms with Crippen molar-refractivity contribution in [3.8, 4) is 5.75 Å². The number of nitrogens with one attached hydrogen (secondary N) is 1. The van der Waals surface area contributed by atoms with Gasteiger partial charge in [-0.15, -0.1) is 0 Å². The quantitative estimate of drug-likeness (QED) is 0.687. The molecule has 27 heavy (non-hydrogen) atoms. The van der Waals surface area contributed by atoms with E-state index in [1.54, 1.807) is 60.5 Å². The topological polar surface area (TPSA) is 67.9 Å². The van der Waals surface area contributed by atoms with Crippen molar-refractivity contribution in [2.24, 2.45) is 0 Å². The van der Waals surface area contributed by atoms with Crippen molar-refractivity contribution in [3.63, 3.8) is 0 Å². The summed E-state index contributed by atoms with van der Waals surface area (Å²) in [5.41, 5.74) is 1.60. The van der Waals surface area contributed by atoms with E-state index in [1.165, 1.54) is 0 Å². The van der Waals surface area contributed by atoms with Crippen molar-refractivity contribution in [2.45, 2.75) is 13.8 Å². The van der Waals surface area contributed by atoms with E-state index in [9.17, 15) is 9.59 Å². The molecule has 144 valence electrons. The third-order valence-corrected chi connectivity index (χ3v) is 4.07. The molecular formula is C21H26N2O4. The van der Waals surface area contributed by atoms with Gasteiger partial charge in [0.05, 0.1) is 6.61 Å². The van der Waals surface area contributed by atoms with Crippen molar-refractivity contribution < 1.29 is 19.1 Å². The van der Waals surface area contributed by atoms with Crippen LogP contribution in [0.3, 0.4) is 0 Å². The minimum atomic E-state index is -0.264. The first-order valence-corrected chi connectivity index (χ1v) is 9.01. The van der Waals surface area contributed by atoms with Gasteiger partial charge in [-0.2, -0.15) is 0 Å². The molecule has 2 rings (SSSR count). The number of carbonyl (C=O) groups is 2. The molecule has 0 aliphatic rings. The van der Waals surface area contributed by atoms with Crippen LogP contribution in [0.2, 0.25) is 0 Å². The number of nitrogens with zero attached hydrogens (tertiary/aromatic N) is 1. The fraction of sp³-hybridized carbons (Fsp3) is 0.333. The summed E-state index contributed by atoms with van der Waals surface area (Å²) < 4.78 is 10.5. The Morgan fingerprint density at radius 1 is 0.963 bits per heavy atom. The van der Waals surface area contributed by atoms with Gasteiger partial charge in [0, 0.05) is 37.0 Å². The van der Waals surface area contributed by atoms with Gasteiger partial charge in [-0.1, -0.05) is 12.1 Å². The van der Waals surface area contributed by atoms with Gasteiger partial charge in [-0.05, 0) is 50.2 Å². The minimum Gasteiger partial charge on any atom is -0.491 e. The van der Waals surface area contributed by atoms with Crippen LogP contribution in [0.25, 0.3) is 0 Å². The summed E-state index contributed by atoms with van der Waals surface area (Å²) in [5, 5.41) is 2.83. The van der Waals surface area contributed by atoms with Crippen LogP contribution >= 0.6 is 0 Å². The Kier molecular flexibility index (Phi) is 7.82. The van der Waals surface area contributed by atoms with E-state index < -0.39 is 0 Å². The average Bonchev–Trinajstić information content (AvgIpc) is 2.69. The van der Waals surface area contributed by atoms with E-state index in [2.05, 4.69) is 5.32 Å². The SMILES string of the molecule is CCN(CC)C(=O)c1cccc(NC(=O)c2cccc(OCCOC)c2)c1. The molecule has 1 N–H and O–H groups in total. The summed E-state index contributed by atoms with van der Waals surface area (Å²) in [5.74, 6) is 0.287. The molecule has 6 heteroatoms. The number of amides is 2. The number of rotatable bonds is 9. The summed E-state index contributed by atoms with van der Waals surface area (Å²) in [4.78, 5) is 26.7. The van der Waals surface area contributed by atoms with E-state index in [1.807, 2.05) is 13.8 Å². The highest BCUT2D eigenvalue weighted by atomic mass is 16.5. The minimum absolute atomic E-state index is 0.0513. The van der Waals surface area contributed by atoms with Crippen LogP contribution in [0.5, 0.6) is 5.75 Å². The van der Waals surface area contributed by atoms with E-state index in [0.29, 0.717) is 48.9 Å². The molecule has 0 aliphatic carbocycles. The second kappa shape index (κ2) is 10.3. The third kappa shape index (κ3) is 5.82. The van der Waals surface area contributed by atoms with E-state index in [-0.39, 0.29) is 11.8 Å². The monoisotopic (exact) mass is 370 g/mol. The third-order valence-electron chi connectivity index (χ3n) is 4.07. The molecule has 0 spiro atoms. The zero-order chi connectivity index (χ0) is 19.6. The fourth-order valence-corrected chi connectivity index (χ4v) is 2.60. The van der Waals surface area contributed by atoms with Crippen molar-refractivity contribution in [1.82, 2.24) is 4.90 Å². The first-order chi connectivity index (χ1) is 13.1. The van der Waals surface area contributed by atoms with Crippen LogP contribution in [0, 0.1) is 0 Å². The summed E-state index contributed by atoms with van der Waals surface area (Å²) in [6.45, 7) is 6.05. The van der Waals surface area contributed by atoms with Gasteiger partial charge in [0.25, 0.3) is 11.8 Å². The maximum absolute atomic E-state index is 12.5. The Morgan fingerprint density at radius 2 is 1.67 bits per heavy atom. The molecule has 2 amide bonds. The van der Waals surface area contributed by atoms with Gasteiger partial charge < -0.3 is 19.7 Å². The van der Waals surface area contributed by atoms with Crippen molar-refractivity contribution in [3.05, 3.63) is 59.7 Å². The summed E-state index contributed by atoms with van der Waals surface area (Å²) in [7, 11) is 1.60. The Morgan fingerprint density at radius 3 is 2.37 bits per heavy atom. The predicted molar refractivity (Wildman–Crippen MR) is 105 cm³/mol. The maximum Gasteiger partial charge on any atom is 0.255 e. The molecule has 0 saturated heterocycles. The van der Waals surface area contributed by atoms with Crippen LogP contribution in [-0.2, 0) is 4.74 Å². The zero-order valence-corrected chi connectivity index (χ0v) is 16.0. The van der Waals surface area contributed by atoms with Crippen molar-refractivity contribution in [2.75, 3.05) is 38.7 Å². The molecule has 0 saturated carbocycles. The first-order valence-electron chi connectivity index (χ1n) is 9.01. The fourth-order valence-electron chi connectivity index (χ4n) is 2.60. The van der Waals surface area contributed by atoms with Gasteiger partial charge >= 0.3 is 0 Å². The number of methoxy groups -OCH3 is 1. The lowest BCUT2D eigenvalue weighted by atomic mass is 10.1. The molecule has 0 atom stereocenters. The van der Waals surface area contributed by atoms with Gasteiger partial charge in [0.15, 0.2) is 0 Å². The largest absolute Gasteiger partial charge is 0.491 e. The van der Waals surface area contributed by atoms with Crippen LogP contribution < -0.4 is 10.1 Å². The highest BCUT2D eigenvalue weighted by Crippen LogP contribution is 2.17. The normalized spacial score (nSPS) is 10.3. The Hall–Kier alpha value is -2.86. The van der Waals surface area contributed by atoms with Gasteiger partial charge in [0.1, 0.15) is 12.4 Å². The summed E-state index contributed by atoms with van der Waals surface area (Å²) in [6.07, 6.45) is 0. The molecule has 0 unspecified atom stereocenters. The molecule has 0 radical (unpaired) electrons. The number of ether oxygens (including phenoxy) is 2. The number of hydrogen-bond acceptors (Lipinski definition) is 4. The Labute approximate surface area is 160 Å². The van der Waals surface area contributed by atoms with Gasteiger partial charge in [-0.3, -0.25) is 9.59 Å². The Bertz CT molecular complexity index is 772. The van der Waals surface area contributed by atoms with Gasteiger partial charge in [-0.25, -0.2) is 0 Å². The molecule has 0 heterocycles. The van der Waals surface area contributed by atoms with Crippen LogP contribution in [0.1, 0.15) is 34.6 Å². The van der Waals surface area contributed by atoms with E-state index in [0.717, 1.165) is 0 Å². The smallest absolute Gasteiger partial charge is 0.255 e. The number of carbonyl (C=O) groups excluding carboxylic acids is 2. The van der Waals surface area contributed by atoms with Crippen LogP contribution in [0.15, 0.2) is 48.5 Å². The highest BCUT2D eigenvalue weighted by Gasteiger charge is 2.14. The average molecular weight is 370 g/mol. The molecule has 2 aromatic rings. The molecule has 0 fully saturated rings. The van der Waals surface area contributed by atoms with Crippen molar-refractivity contribution >= 4 is 17.5 Å². The standard InChI is InChI=1S/C21H26N2O4/c1-4-23(5-2)21(25)17-9-6-10-18(14-17)22-20(24)16-8-7-11-19(15-16)27-13-12-26-3/h6-11,14-15H,4-5,12-13H2,1-3H3,(H,22,24). The molecule has 0 aliphatic heterocycles. The van der Waals surface area contributed by atoms with Crippen LogP contribution in [-0.4, -0.2) is 50.1 Å². The Balaban J connectivity index is 2.09. The summed E-state index contributed by atoms with van der Waals surface area (Å²) in [6, 6.07) is 13.9. The lowest BCUT2D eigenvalue weighted by molar-refractivity contribution is 0.0772. The van der Waals surface area contributed by atoms with Crippen LogP contribution in [0.4, 0.5) is 5.69 Å². The predicted octanol–water partition coefficient (Wildman–Crippen LogP) is 3.45. The lowest BCUT2D eigenvalue weighted by Gasteiger charge is -2.19. The summed E-state index contributed by atoms with van der Waals surface area (Å²) >= 11 is 0. The second-order valence-corrected chi connectivity index (χ2v) is 5.88. The van der Waals surface area contributed by atoms with Crippen molar-refractivity contribution in [1.29, 1.82) is 0 Å². The molecule has 0 aromatic heterocycles. The number of anilines is 1. The number of hydrogen-bond donors (Lipinski definition) is 1. The molecule has 2 aromatic carbocycles. The molecular weight excluding hydrogens is 344 g/mol. The maximum atomic E-state index is 12.5. The van der Waals surface area contributed by atoms with E-state index >= 15 is 0 Å². The zero-order valence-electron chi connectivity index (χ0n) is 16.0. The van der Waals surface area contributed by atoms with Gasteiger partial charge in [0.2, 0.25) is 0 Å². The second-order valence-electron chi connectivity index (χ2n) is 5.88. The first kappa shape index (κ1) is 20.5. The highest BCUT2D eigenvalue weighted by molar-refractivity contribution is 6.05. The molecule has 6 nitrogen and oxygen atoms in total.